The van der Waals surface area contributed by atoms with Gasteiger partial charge < -0.3 is 0 Å². The van der Waals surface area contributed by atoms with Crippen molar-refractivity contribution >= 4 is 12.0 Å². The van der Waals surface area contributed by atoms with Crippen LogP contribution in [0.15, 0.2) is 29.2 Å². The van der Waals surface area contributed by atoms with Crippen molar-refractivity contribution in [2.24, 2.45) is 0 Å². The van der Waals surface area contributed by atoms with E-state index < -0.39 is 0 Å². The van der Waals surface area contributed by atoms with Gasteiger partial charge in [-0.25, -0.2) is 9.28 Å². The Labute approximate surface area is 73.5 Å². The third kappa shape index (κ3) is 3.19. The average Bonchev–Trinajstić information content (AvgIpc) is 2.09. The third-order valence-corrected chi connectivity index (χ3v) is 1.63. The van der Waals surface area contributed by atoms with E-state index in [1.807, 2.05) is 0 Å². The maximum atomic E-state index is 12.4. The van der Waals surface area contributed by atoms with E-state index in [0.717, 1.165) is 16.9 Å². The largest absolute Gasteiger partial charge is 0.209 e. The van der Waals surface area contributed by atoms with E-state index >= 15 is 0 Å². The Balaban J connectivity index is 2.37. The first kappa shape index (κ1) is 9.47. The summed E-state index contributed by atoms with van der Waals surface area (Å²) in [5.74, 6) is -0.285. The van der Waals surface area contributed by atoms with Crippen LogP contribution < -0.4 is 0 Å². The zero-order valence-corrected chi connectivity index (χ0v) is 7.14. The van der Waals surface area contributed by atoms with Crippen LogP contribution in [0.5, 0.6) is 0 Å². The van der Waals surface area contributed by atoms with E-state index in [2.05, 4.69) is 14.3 Å². The molecule has 0 saturated carbocycles. The van der Waals surface area contributed by atoms with Crippen LogP contribution in [0.2, 0.25) is 0 Å². The highest BCUT2D eigenvalue weighted by Gasteiger charge is 1.95. The van der Waals surface area contributed by atoms with Gasteiger partial charge in [0.1, 0.15) is 5.82 Å². The maximum Gasteiger partial charge on any atom is 0.123 e. The third-order valence-electron chi connectivity index (χ3n) is 1.04. The van der Waals surface area contributed by atoms with Gasteiger partial charge in [0.05, 0.1) is 19.2 Å². The minimum absolute atomic E-state index is 0.285. The summed E-state index contributed by atoms with van der Waals surface area (Å²) in [6, 6.07) is 5.80. The molecule has 0 bridgehead atoms. The molecule has 0 N–H and O–H groups in total. The number of halogens is 1. The van der Waals surface area contributed by atoms with Gasteiger partial charge in [0, 0.05) is 4.90 Å². The van der Waals surface area contributed by atoms with E-state index in [-0.39, 0.29) is 5.82 Å². The van der Waals surface area contributed by atoms with Crippen LogP contribution >= 0.6 is 12.0 Å². The maximum absolute atomic E-state index is 12.4. The highest BCUT2D eigenvalue weighted by Crippen LogP contribution is 2.18. The van der Waals surface area contributed by atoms with E-state index in [0.29, 0.717) is 0 Å². The molecule has 0 heterocycles. The summed E-state index contributed by atoms with van der Waals surface area (Å²) >= 11 is 0.940. The van der Waals surface area contributed by atoms with Gasteiger partial charge in [-0.2, -0.15) is 0 Å². The second kappa shape index (κ2) is 5.10. The molecule has 0 aromatic heterocycles. The standard InChI is InChI=1S/C7H7FO3S/c1-9-10-11-12-7-4-2-6(8)3-5-7/h2-5H,1H3. The van der Waals surface area contributed by atoms with Gasteiger partial charge in [0.25, 0.3) is 0 Å². The van der Waals surface area contributed by atoms with Gasteiger partial charge in [-0.1, -0.05) is 5.04 Å². The monoisotopic (exact) mass is 190 g/mol. The Morgan fingerprint density at radius 1 is 1.25 bits per heavy atom. The van der Waals surface area contributed by atoms with Gasteiger partial charge in [0.2, 0.25) is 0 Å². The van der Waals surface area contributed by atoms with Crippen molar-refractivity contribution in [2.75, 3.05) is 7.11 Å². The zero-order chi connectivity index (χ0) is 8.81. The minimum Gasteiger partial charge on any atom is -0.209 e. The smallest absolute Gasteiger partial charge is 0.123 e. The van der Waals surface area contributed by atoms with E-state index in [1.54, 1.807) is 12.1 Å². The molecule has 5 heteroatoms. The molecule has 0 fully saturated rings. The Morgan fingerprint density at radius 2 is 1.92 bits per heavy atom. The molecule has 0 spiro atoms. The van der Waals surface area contributed by atoms with Crippen LogP contribution in [0.4, 0.5) is 4.39 Å². The molecule has 1 rings (SSSR count). The summed E-state index contributed by atoms with van der Waals surface area (Å²) in [5, 5.41) is 4.14. The highest BCUT2D eigenvalue weighted by molar-refractivity contribution is 7.94. The lowest BCUT2D eigenvalue weighted by atomic mass is 10.4. The summed E-state index contributed by atoms with van der Waals surface area (Å²) in [4.78, 5) is 4.90. The molecule has 0 saturated heterocycles. The first-order chi connectivity index (χ1) is 5.83. The number of benzene rings is 1. The van der Waals surface area contributed by atoms with Gasteiger partial charge in [-0.15, -0.1) is 4.33 Å². The summed E-state index contributed by atoms with van der Waals surface area (Å²) in [6.07, 6.45) is 0. The van der Waals surface area contributed by atoms with Gasteiger partial charge >= 0.3 is 0 Å². The van der Waals surface area contributed by atoms with Crippen molar-refractivity contribution < 1.29 is 18.7 Å². The van der Waals surface area contributed by atoms with Crippen molar-refractivity contribution in [3.8, 4) is 0 Å². The van der Waals surface area contributed by atoms with Crippen LogP contribution in [0.25, 0.3) is 0 Å². The fourth-order valence-electron chi connectivity index (χ4n) is 0.571. The molecule has 0 amide bonds. The number of hydrogen-bond acceptors (Lipinski definition) is 4. The molecule has 0 atom stereocenters. The molecule has 1 aromatic rings. The molecule has 0 unspecified atom stereocenters. The van der Waals surface area contributed by atoms with Gasteiger partial charge in [-0.05, 0) is 24.3 Å². The molecular weight excluding hydrogens is 183 g/mol. The fourth-order valence-corrected chi connectivity index (χ4v) is 0.980. The normalized spacial score (nSPS) is 10.2. The molecule has 66 valence electrons. The zero-order valence-electron chi connectivity index (χ0n) is 6.32. The summed E-state index contributed by atoms with van der Waals surface area (Å²) < 4.78 is 16.8. The summed E-state index contributed by atoms with van der Waals surface area (Å²) in [5.41, 5.74) is 0. The van der Waals surface area contributed by atoms with Gasteiger partial charge in [0.15, 0.2) is 0 Å². The minimum atomic E-state index is -0.285. The quantitative estimate of drug-likeness (QED) is 0.315. The molecule has 0 radical (unpaired) electrons. The van der Waals surface area contributed by atoms with E-state index in [9.17, 15) is 4.39 Å². The molecular formula is C7H7FO3S. The lowest BCUT2D eigenvalue weighted by Gasteiger charge is -1.97. The van der Waals surface area contributed by atoms with Crippen molar-refractivity contribution in [1.29, 1.82) is 0 Å². The number of hydrogen-bond donors (Lipinski definition) is 0. The van der Waals surface area contributed by atoms with Crippen molar-refractivity contribution in [3.05, 3.63) is 30.1 Å². The Morgan fingerprint density at radius 3 is 2.50 bits per heavy atom. The molecule has 3 nitrogen and oxygen atoms in total. The summed E-state index contributed by atoms with van der Waals surface area (Å²) in [6.45, 7) is 0. The highest BCUT2D eigenvalue weighted by atomic mass is 32.2. The lowest BCUT2D eigenvalue weighted by molar-refractivity contribution is -0.447. The lowest BCUT2D eigenvalue weighted by Crippen LogP contribution is -1.83. The van der Waals surface area contributed by atoms with Crippen molar-refractivity contribution in [2.45, 2.75) is 4.90 Å². The first-order valence-electron chi connectivity index (χ1n) is 3.12. The molecule has 12 heavy (non-hydrogen) atoms. The SMILES string of the molecule is COOOSc1ccc(F)cc1. The van der Waals surface area contributed by atoms with Crippen LogP contribution in [0.1, 0.15) is 0 Å². The number of rotatable bonds is 4. The second-order valence-corrected chi connectivity index (χ2v) is 2.61. The molecule has 0 aliphatic rings. The molecule has 0 aliphatic carbocycles. The van der Waals surface area contributed by atoms with Crippen LogP contribution in [0, 0.1) is 5.82 Å². The molecule has 1 aromatic carbocycles. The second-order valence-electron chi connectivity index (χ2n) is 1.84. The topological polar surface area (TPSA) is 27.7 Å². The Hall–Kier alpha value is -0.620. The van der Waals surface area contributed by atoms with E-state index in [4.69, 9.17) is 0 Å². The van der Waals surface area contributed by atoms with E-state index in [1.165, 1.54) is 19.2 Å². The Kier molecular flexibility index (Phi) is 4.02. The van der Waals surface area contributed by atoms with Crippen LogP contribution in [-0.2, 0) is 14.3 Å². The fraction of sp³-hybridized carbons (Fsp3) is 0.143. The van der Waals surface area contributed by atoms with Crippen molar-refractivity contribution in [1.82, 2.24) is 0 Å². The van der Waals surface area contributed by atoms with Crippen LogP contribution in [-0.4, -0.2) is 7.11 Å². The van der Waals surface area contributed by atoms with Crippen molar-refractivity contribution in [3.63, 3.8) is 0 Å². The van der Waals surface area contributed by atoms with Gasteiger partial charge in [-0.3, -0.25) is 0 Å². The predicted molar refractivity (Wildman–Crippen MR) is 41.4 cm³/mol. The molecule has 0 aliphatic heterocycles. The summed E-state index contributed by atoms with van der Waals surface area (Å²) in [7, 11) is 1.32. The average molecular weight is 190 g/mol. The van der Waals surface area contributed by atoms with Crippen LogP contribution in [0.3, 0.4) is 0 Å². The first-order valence-corrected chi connectivity index (χ1v) is 3.86. The Bertz CT molecular complexity index is 227. The predicted octanol–water partition coefficient (Wildman–Crippen LogP) is 2.34.